The maximum Gasteiger partial charge on any atom is 0.153 e. The predicted octanol–water partition coefficient (Wildman–Crippen LogP) is 7.24. The van der Waals surface area contributed by atoms with Crippen molar-refractivity contribution in [1.29, 1.82) is 0 Å². The fourth-order valence-electron chi connectivity index (χ4n) is 3.81. The number of imidazole rings is 1. The van der Waals surface area contributed by atoms with Gasteiger partial charge in [0.25, 0.3) is 0 Å². The van der Waals surface area contributed by atoms with Crippen LogP contribution < -0.4 is 4.74 Å². The number of nitrogens with zero attached hydrogens (tertiary/aromatic N) is 2. The Morgan fingerprint density at radius 2 is 1.68 bits per heavy atom. The highest BCUT2D eigenvalue weighted by Crippen LogP contribution is 2.26. The molecule has 1 unspecified atom stereocenters. The normalized spacial score (nSPS) is 12.4. The van der Waals surface area contributed by atoms with E-state index in [-0.39, 0.29) is 6.10 Å². The number of ether oxygens (including phenoxy) is 1. The Bertz CT molecular complexity index is 868. The minimum Gasteiger partial charge on any atom is -0.483 e. The summed E-state index contributed by atoms with van der Waals surface area (Å²) in [5.74, 6) is 1.93. The third-order valence-corrected chi connectivity index (χ3v) is 5.34. The van der Waals surface area contributed by atoms with Crippen molar-refractivity contribution in [3.8, 4) is 5.75 Å². The molecule has 0 N–H and O–H groups in total. The quantitative estimate of drug-likeness (QED) is 0.329. The predicted molar refractivity (Wildman–Crippen MR) is 118 cm³/mol. The number of hydrogen-bond acceptors (Lipinski definition) is 2. The molecule has 0 aliphatic carbocycles. The van der Waals surface area contributed by atoms with Crippen LogP contribution in [-0.4, -0.2) is 9.55 Å². The van der Waals surface area contributed by atoms with Crippen molar-refractivity contribution in [3.63, 3.8) is 0 Å². The van der Waals surface area contributed by atoms with E-state index in [0.717, 1.165) is 23.6 Å². The molecule has 3 nitrogen and oxygen atoms in total. The standard InChI is InChI=1S/C25H34N2O/c1-4-5-6-7-8-9-12-18-27-24-17-11-10-16-23(24)26-25(27)21(3)28-22-15-13-14-20(2)19-22/h10-11,13-17,19,21H,4-9,12,18H2,1-3H3. The first-order chi connectivity index (χ1) is 13.7. The zero-order valence-electron chi connectivity index (χ0n) is 17.7. The van der Waals surface area contributed by atoms with Crippen molar-refractivity contribution in [2.75, 3.05) is 0 Å². The first-order valence-corrected chi connectivity index (χ1v) is 10.9. The lowest BCUT2D eigenvalue weighted by Crippen LogP contribution is -2.12. The highest BCUT2D eigenvalue weighted by molar-refractivity contribution is 5.76. The summed E-state index contributed by atoms with van der Waals surface area (Å²) in [6, 6.07) is 16.7. The van der Waals surface area contributed by atoms with E-state index >= 15 is 0 Å². The second-order valence-corrected chi connectivity index (χ2v) is 7.81. The van der Waals surface area contributed by atoms with E-state index in [1.54, 1.807) is 0 Å². The number of fused-ring (bicyclic) bond motifs is 1. The lowest BCUT2D eigenvalue weighted by Gasteiger charge is -2.17. The van der Waals surface area contributed by atoms with E-state index in [1.807, 2.05) is 12.1 Å². The number of para-hydroxylation sites is 2. The van der Waals surface area contributed by atoms with Crippen LogP contribution >= 0.6 is 0 Å². The Labute approximate surface area is 169 Å². The van der Waals surface area contributed by atoms with Crippen molar-refractivity contribution in [1.82, 2.24) is 9.55 Å². The Morgan fingerprint density at radius 1 is 0.929 bits per heavy atom. The van der Waals surface area contributed by atoms with Crippen molar-refractivity contribution >= 4 is 11.0 Å². The number of aromatic nitrogens is 2. The van der Waals surface area contributed by atoms with Crippen LogP contribution in [0, 0.1) is 6.92 Å². The zero-order chi connectivity index (χ0) is 19.8. The highest BCUT2D eigenvalue weighted by Gasteiger charge is 2.18. The van der Waals surface area contributed by atoms with Crippen molar-refractivity contribution in [3.05, 3.63) is 59.9 Å². The Morgan fingerprint density at radius 3 is 2.46 bits per heavy atom. The second-order valence-electron chi connectivity index (χ2n) is 7.81. The molecule has 28 heavy (non-hydrogen) atoms. The molecule has 150 valence electrons. The largest absolute Gasteiger partial charge is 0.483 e. The molecule has 1 aromatic heterocycles. The van der Waals surface area contributed by atoms with Gasteiger partial charge >= 0.3 is 0 Å². The lowest BCUT2D eigenvalue weighted by atomic mass is 10.1. The van der Waals surface area contributed by atoms with E-state index in [2.05, 4.69) is 61.7 Å². The summed E-state index contributed by atoms with van der Waals surface area (Å²) in [5, 5.41) is 0. The van der Waals surface area contributed by atoms with E-state index in [0.29, 0.717) is 0 Å². The summed E-state index contributed by atoms with van der Waals surface area (Å²) >= 11 is 0. The van der Waals surface area contributed by atoms with Gasteiger partial charge < -0.3 is 9.30 Å². The van der Waals surface area contributed by atoms with Gasteiger partial charge in [0.2, 0.25) is 0 Å². The van der Waals surface area contributed by atoms with Crippen LogP contribution in [0.5, 0.6) is 5.75 Å². The van der Waals surface area contributed by atoms with Crippen molar-refractivity contribution < 1.29 is 4.74 Å². The van der Waals surface area contributed by atoms with Crippen LogP contribution in [0.3, 0.4) is 0 Å². The molecule has 0 saturated carbocycles. The molecule has 3 heteroatoms. The average Bonchev–Trinajstić information content (AvgIpc) is 3.06. The molecule has 3 rings (SSSR count). The first-order valence-electron chi connectivity index (χ1n) is 10.9. The zero-order valence-corrected chi connectivity index (χ0v) is 17.7. The minimum absolute atomic E-state index is 0.0845. The number of hydrogen-bond donors (Lipinski definition) is 0. The van der Waals surface area contributed by atoms with Gasteiger partial charge in [-0.1, -0.05) is 69.7 Å². The smallest absolute Gasteiger partial charge is 0.153 e. The van der Waals surface area contributed by atoms with Gasteiger partial charge in [-0.3, -0.25) is 0 Å². The van der Waals surface area contributed by atoms with Crippen LogP contribution in [0.15, 0.2) is 48.5 Å². The molecule has 0 amide bonds. The van der Waals surface area contributed by atoms with Gasteiger partial charge in [0.1, 0.15) is 5.75 Å². The summed E-state index contributed by atoms with van der Waals surface area (Å²) in [7, 11) is 0. The summed E-state index contributed by atoms with van der Waals surface area (Å²) < 4.78 is 8.60. The van der Waals surface area contributed by atoms with E-state index < -0.39 is 0 Å². The van der Waals surface area contributed by atoms with E-state index in [9.17, 15) is 0 Å². The Balaban J connectivity index is 1.69. The third kappa shape index (κ3) is 5.37. The highest BCUT2D eigenvalue weighted by atomic mass is 16.5. The van der Waals surface area contributed by atoms with Crippen molar-refractivity contribution in [2.45, 2.75) is 78.4 Å². The molecule has 1 heterocycles. The summed E-state index contributed by atoms with van der Waals surface area (Å²) in [4.78, 5) is 4.91. The van der Waals surface area contributed by atoms with Gasteiger partial charge in [-0.2, -0.15) is 0 Å². The van der Waals surface area contributed by atoms with Crippen LogP contribution in [-0.2, 0) is 6.54 Å². The minimum atomic E-state index is -0.0845. The Hall–Kier alpha value is -2.29. The summed E-state index contributed by atoms with van der Waals surface area (Å²) in [6.45, 7) is 7.47. The van der Waals surface area contributed by atoms with E-state index in [1.165, 1.54) is 56.0 Å². The molecule has 2 aromatic carbocycles. The molecular weight excluding hydrogens is 344 g/mol. The summed E-state index contributed by atoms with van der Waals surface area (Å²) in [6.07, 6.45) is 9.12. The van der Waals surface area contributed by atoms with Gasteiger partial charge in [-0.15, -0.1) is 0 Å². The molecule has 0 aliphatic heterocycles. The maximum absolute atomic E-state index is 6.24. The maximum atomic E-state index is 6.24. The molecule has 0 saturated heterocycles. The number of benzene rings is 2. The molecular formula is C25H34N2O. The molecule has 0 radical (unpaired) electrons. The molecule has 1 atom stereocenters. The monoisotopic (exact) mass is 378 g/mol. The molecule has 0 bridgehead atoms. The number of aryl methyl sites for hydroxylation is 2. The SMILES string of the molecule is CCCCCCCCCn1c(C(C)Oc2cccc(C)c2)nc2ccccc21. The third-order valence-electron chi connectivity index (χ3n) is 5.34. The molecule has 3 aromatic rings. The first kappa shape index (κ1) is 20.4. The van der Waals surface area contributed by atoms with Gasteiger partial charge in [0, 0.05) is 6.54 Å². The van der Waals surface area contributed by atoms with Gasteiger partial charge in [0.05, 0.1) is 11.0 Å². The van der Waals surface area contributed by atoms with Gasteiger partial charge in [-0.25, -0.2) is 4.98 Å². The molecule has 0 spiro atoms. The fraction of sp³-hybridized carbons (Fsp3) is 0.480. The van der Waals surface area contributed by atoms with Crippen LogP contribution in [0.2, 0.25) is 0 Å². The molecule has 0 fully saturated rings. The average molecular weight is 379 g/mol. The topological polar surface area (TPSA) is 27.1 Å². The number of rotatable bonds is 11. The van der Waals surface area contributed by atoms with Crippen LogP contribution in [0.25, 0.3) is 11.0 Å². The second kappa shape index (κ2) is 10.3. The van der Waals surface area contributed by atoms with E-state index in [4.69, 9.17) is 9.72 Å². The number of unbranched alkanes of at least 4 members (excludes halogenated alkanes) is 6. The van der Waals surface area contributed by atoms with Gasteiger partial charge in [0.15, 0.2) is 11.9 Å². The van der Waals surface area contributed by atoms with Crippen LogP contribution in [0.4, 0.5) is 0 Å². The van der Waals surface area contributed by atoms with Crippen LogP contribution in [0.1, 0.15) is 76.3 Å². The lowest BCUT2D eigenvalue weighted by molar-refractivity contribution is 0.211. The van der Waals surface area contributed by atoms with Gasteiger partial charge in [-0.05, 0) is 50.1 Å². The van der Waals surface area contributed by atoms with Crippen molar-refractivity contribution in [2.24, 2.45) is 0 Å². The Kier molecular flexibility index (Phi) is 7.53. The fourth-order valence-corrected chi connectivity index (χ4v) is 3.81. The summed E-state index contributed by atoms with van der Waals surface area (Å²) in [5.41, 5.74) is 3.48. The molecule has 0 aliphatic rings.